The van der Waals surface area contributed by atoms with Gasteiger partial charge in [0, 0.05) is 18.5 Å². The zero-order chi connectivity index (χ0) is 18.1. The molecule has 1 aromatic heterocycles. The van der Waals surface area contributed by atoms with Crippen molar-refractivity contribution < 1.29 is 4.79 Å². The minimum atomic E-state index is -0.0816. The number of nitrogens with one attached hydrogen (secondary N) is 1. The Bertz CT molecular complexity index is 949. The molecule has 4 rings (SSSR count). The number of halogens is 1. The van der Waals surface area contributed by atoms with E-state index in [0.717, 1.165) is 40.2 Å². The summed E-state index contributed by atoms with van der Waals surface area (Å²) in [6.45, 7) is 0. The van der Waals surface area contributed by atoms with E-state index in [1.54, 1.807) is 10.9 Å². The summed E-state index contributed by atoms with van der Waals surface area (Å²) in [6.07, 6.45) is 4.09. The van der Waals surface area contributed by atoms with Crippen LogP contribution in [0.5, 0.6) is 0 Å². The minimum absolute atomic E-state index is 0.000909. The van der Waals surface area contributed by atoms with Crippen LogP contribution in [0.1, 0.15) is 45.2 Å². The third-order valence-electron chi connectivity index (χ3n) is 5.04. The van der Waals surface area contributed by atoms with E-state index in [4.69, 9.17) is 11.6 Å². The number of nitrogens with zero attached hydrogens (tertiary/aromatic N) is 2. The number of hydrogen-bond donors (Lipinski definition) is 1. The maximum Gasteiger partial charge on any atom is 0.255 e. The Hall–Kier alpha value is -2.59. The van der Waals surface area contributed by atoms with Gasteiger partial charge in [-0.1, -0.05) is 54.1 Å². The maximum atomic E-state index is 12.9. The number of aromatic nitrogens is 2. The van der Waals surface area contributed by atoms with E-state index in [1.807, 2.05) is 43.4 Å². The minimum Gasteiger partial charge on any atom is -0.345 e. The van der Waals surface area contributed by atoms with Gasteiger partial charge in [0.15, 0.2) is 0 Å². The number of carbonyl (C=O) groups is 1. The molecule has 0 bridgehead atoms. The first-order valence-corrected chi connectivity index (χ1v) is 9.14. The van der Waals surface area contributed by atoms with E-state index in [-0.39, 0.29) is 11.9 Å². The number of aryl methyl sites for hydroxylation is 1. The molecule has 0 fully saturated rings. The quantitative estimate of drug-likeness (QED) is 0.757. The Morgan fingerprint density at radius 1 is 1.23 bits per heavy atom. The monoisotopic (exact) mass is 365 g/mol. The molecule has 5 heteroatoms. The van der Waals surface area contributed by atoms with Crippen LogP contribution in [0.15, 0.2) is 54.7 Å². The fourth-order valence-electron chi connectivity index (χ4n) is 3.65. The van der Waals surface area contributed by atoms with Gasteiger partial charge in [-0.25, -0.2) is 0 Å². The highest BCUT2D eigenvalue weighted by Crippen LogP contribution is 2.35. The molecule has 0 aliphatic heterocycles. The number of rotatable bonds is 4. The van der Waals surface area contributed by atoms with E-state index in [0.29, 0.717) is 12.0 Å². The predicted molar refractivity (Wildman–Crippen MR) is 102 cm³/mol. The predicted octanol–water partition coefficient (Wildman–Crippen LogP) is 4.08. The zero-order valence-electron chi connectivity index (χ0n) is 14.6. The smallest absolute Gasteiger partial charge is 0.255 e. The molecule has 0 saturated heterocycles. The van der Waals surface area contributed by atoms with E-state index in [1.165, 1.54) is 0 Å². The van der Waals surface area contributed by atoms with Crippen LogP contribution >= 0.6 is 11.6 Å². The van der Waals surface area contributed by atoms with Gasteiger partial charge < -0.3 is 5.32 Å². The molecule has 2 aromatic carbocycles. The van der Waals surface area contributed by atoms with E-state index in [9.17, 15) is 4.79 Å². The molecule has 1 heterocycles. The first kappa shape index (κ1) is 16.9. The van der Waals surface area contributed by atoms with Gasteiger partial charge in [-0.3, -0.25) is 9.48 Å². The van der Waals surface area contributed by atoms with Crippen LogP contribution in [0.2, 0.25) is 5.02 Å². The molecule has 0 radical (unpaired) electrons. The number of benzene rings is 2. The molecular formula is C21H20ClN3O. The molecule has 0 saturated carbocycles. The van der Waals surface area contributed by atoms with Crippen molar-refractivity contribution in [2.24, 2.45) is 7.05 Å². The summed E-state index contributed by atoms with van der Waals surface area (Å²) in [5, 5.41) is 8.25. The molecule has 4 nitrogen and oxygen atoms in total. The fourth-order valence-corrected chi connectivity index (χ4v) is 3.92. The highest BCUT2D eigenvalue weighted by atomic mass is 35.5. The second-order valence-corrected chi connectivity index (χ2v) is 7.07. The van der Waals surface area contributed by atoms with Crippen LogP contribution in [-0.4, -0.2) is 15.7 Å². The van der Waals surface area contributed by atoms with Crippen molar-refractivity contribution in [1.29, 1.82) is 0 Å². The van der Waals surface area contributed by atoms with Crippen molar-refractivity contribution in [2.75, 3.05) is 0 Å². The molecule has 132 valence electrons. The Morgan fingerprint density at radius 3 is 2.85 bits per heavy atom. The normalized spacial score (nSPS) is 15.7. The first-order valence-electron chi connectivity index (χ1n) is 8.76. The summed E-state index contributed by atoms with van der Waals surface area (Å²) in [5.41, 5.74) is 4.97. The van der Waals surface area contributed by atoms with Crippen LogP contribution in [0.25, 0.3) is 0 Å². The lowest BCUT2D eigenvalue weighted by Gasteiger charge is -2.15. The second-order valence-electron chi connectivity index (χ2n) is 6.66. The van der Waals surface area contributed by atoms with Gasteiger partial charge in [0.1, 0.15) is 0 Å². The molecule has 0 unspecified atom stereocenters. The Balaban J connectivity index is 1.56. The fraction of sp³-hybridized carbons (Fsp3) is 0.238. The SMILES string of the molecule is Cn1ncc(C(=O)N[C@H]2CCc3c(Cl)cccc32)c1Cc1ccccc1. The van der Waals surface area contributed by atoms with Gasteiger partial charge in [-0.05, 0) is 35.6 Å². The van der Waals surface area contributed by atoms with Crippen LogP contribution < -0.4 is 5.32 Å². The molecule has 1 amide bonds. The summed E-state index contributed by atoms with van der Waals surface area (Å²) in [5.74, 6) is -0.0816. The Kier molecular flexibility index (Phi) is 4.51. The van der Waals surface area contributed by atoms with Crippen molar-refractivity contribution in [2.45, 2.75) is 25.3 Å². The van der Waals surface area contributed by atoms with Crippen molar-refractivity contribution in [3.05, 3.63) is 87.7 Å². The van der Waals surface area contributed by atoms with Crippen molar-refractivity contribution >= 4 is 17.5 Å². The van der Waals surface area contributed by atoms with Crippen LogP contribution in [-0.2, 0) is 19.9 Å². The summed E-state index contributed by atoms with van der Waals surface area (Å²) in [7, 11) is 1.87. The van der Waals surface area contributed by atoms with Crippen molar-refractivity contribution in [3.63, 3.8) is 0 Å². The first-order chi connectivity index (χ1) is 12.6. The van der Waals surface area contributed by atoms with Gasteiger partial charge >= 0.3 is 0 Å². The maximum absolute atomic E-state index is 12.9. The molecule has 3 aromatic rings. The molecule has 26 heavy (non-hydrogen) atoms. The lowest BCUT2D eigenvalue weighted by atomic mass is 10.1. The number of hydrogen-bond acceptors (Lipinski definition) is 2. The van der Waals surface area contributed by atoms with E-state index in [2.05, 4.69) is 22.5 Å². The zero-order valence-corrected chi connectivity index (χ0v) is 15.3. The summed E-state index contributed by atoms with van der Waals surface area (Å²) in [4.78, 5) is 12.9. The van der Waals surface area contributed by atoms with Crippen LogP contribution in [0.4, 0.5) is 0 Å². The summed E-state index contributed by atoms with van der Waals surface area (Å²) in [6, 6.07) is 16.0. The number of fused-ring (bicyclic) bond motifs is 1. The topological polar surface area (TPSA) is 46.9 Å². The van der Waals surface area contributed by atoms with Crippen LogP contribution in [0.3, 0.4) is 0 Å². The van der Waals surface area contributed by atoms with Gasteiger partial charge in [-0.2, -0.15) is 5.10 Å². The number of amides is 1. The Labute approximate surface area is 157 Å². The van der Waals surface area contributed by atoms with Crippen molar-refractivity contribution in [1.82, 2.24) is 15.1 Å². The lowest BCUT2D eigenvalue weighted by Crippen LogP contribution is -2.28. The van der Waals surface area contributed by atoms with Gasteiger partial charge in [-0.15, -0.1) is 0 Å². The summed E-state index contributed by atoms with van der Waals surface area (Å²) < 4.78 is 1.78. The average Bonchev–Trinajstić information content (AvgIpc) is 3.21. The molecule has 0 spiro atoms. The summed E-state index contributed by atoms with van der Waals surface area (Å²) >= 11 is 6.28. The third kappa shape index (κ3) is 3.13. The van der Waals surface area contributed by atoms with Gasteiger partial charge in [0.25, 0.3) is 5.91 Å². The number of carbonyl (C=O) groups excluding carboxylic acids is 1. The molecule has 1 atom stereocenters. The lowest BCUT2D eigenvalue weighted by molar-refractivity contribution is 0.0936. The van der Waals surface area contributed by atoms with Gasteiger partial charge in [0.2, 0.25) is 0 Å². The largest absolute Gasteiger partial charge is 0.345 e. The molecule has 1 N–H and O–H groups in total. The standard InChI is InChI=1S/C21H20ClN3O/c1-25-20(12-14-6-3-2-4-7-14)17(13-23-25)21(26)24-19-11-10-15-16(19)8-5-9-18(15)22/h2-9,13,19H,10-12H2,1H3,(H,24,26)/t19-/m0/s1. The highest BCUT2D eigenvalue weighted by molar-refractivity contribution is 6.31. The molecular weight excluding hydrogens is 346 g/mol. The second kappa shape index (κ2) is 6.96. The third-order valence-corrected chi connectivity index (χ3v) is 5.39. The van der Waals surface area contributed by atoms with Gasteiger partial charge in [0.05, 0.1) is 23.5 Å². The van der Waals surface area contributed by atoms with Crippen LogP contribution in [0, 0.1) is 0 Å². The van der Waals surface area contributed by atoms with E-state index >= 15 is 0 Å². The van der Waals surface area contributed by atoms with E-state index < -0.39 is 0 Å². The molecule has 1 aliphatic carbocycles. The highest BCUT2D eigenvalue weighted by Gasteiger charge is 2.27. The Morgan fingerprint density at radius 2 is 2.04 bits per heavy atom. The molecule has 1 aliphatic rings. The van der Waals surface area contributed by atoms with Crippen molar-refractivity contribution in [3.8, 4) is 0 Å². The average molecular weight is 366 g/mol.